The lowest BCUT2D eigenvalue weighted by Gasteiger charge is -2.37. The van der Waals surface area contributed by atoms with Crippen molar-refractivity contribution in [2.24, 2.45) is 0 Å². The van der Waals surface area contributed by atoms with Gasteiger partial charge < -0.3 is 20.7 Å². The molecule has 0 unspecified atom stereocenters. The number of hydrogen-bond acceptors (Lipinski definition) is 11. The van der Waals surface area contributed by atoms with Crippen LogP contribution < -0.4 is 20.7 Å². The standard InChI is InChI=1S/C30H40N8OS2/c1-17-15-38(16-18(2)33-17)25-13-26(39-19(3)22-8-7-11-37(22)5)35-29(34-25)21-12-24(41-36-21)30(4)10-6-9-23-27(30)20(14-31)28(32)40-23/h12-13,17-19,22,33H,6-11,15-16,32H2,1-5H3/t17-,18+,19-,22-,30+/m0/s1. The number of thiophene rings is 1. The van der Waals surface area contributed by atoms with Crippen LogP contribution in [0.5, 0.6) is 5.88 Å². The van der Waals surface area contributed by atoms with Crippen molar-refractivity contribution < 1.29 is 4.74 Å². The minimum atomic E-state index is -0.315. The number of rotatable bonds is 6. The number of ether oxygens (including phenoxy) is 1. The van der Waals surface area contributed by atoms with E-state index >= 15 is 0 Å². The number of nitrogen functional groups attached to an aromatic ring is 1. The normalized spacial score (nSPS) is 27.4. The van der Waals surface area contributed by atoms with Gasteiger partial charge in [-0.1, -0.05) is 6.92 Å². The van der Waals surface area contributed by atoms with Crippen LogP contribution in [0.2, 0.25) is 0 Å². The number of aryl methyl sites for hydroxylation is 1. The van der Waals surface area contributed by atoms with E-state index in [9.17, 15) is 5.26 Å². The summed E-state index contributed by atoms with van der Waals surface area (Å²) in [6.07, 6.45) is 5.30. The molecule has 41 heavy (non-hydrogen) atoms. The molecule has 2 saturated heterocycles. The van der Waals surface area contributed by atoms with Gasteiger partial charge in [0.05, 0.1) is 5.56 Å². The number of aromatic nitrogens is 3. The molecular weight excluding hydrogens is 553 g/mol. The van der Waals surface area contributed by atoms with E-state index in [1.54, 1.807) is 11.3 Å². The predicted molar refractivity (Wildman–Crippen MR) is 166 cm³/mol. The lowest BCUT2D eigenvalue weighted by molar-refractivity contribution is 0.117. The number of fused-ring (bicyclic) bond motifs is 1. The third kappa shape index (κ3) is 5.31. The summed E-state index contributed by atoms with van der Waals surface area (Å²) in [4.78, 5) is 17.0. The zero-order valence-electron chi connectivity index (χ0n) is 24.6. The maximum absolute atomic E-state index is 9.93. The largest absolute Gasteiger partial charge is 0.473 e. The molecule has 0 amide bonds. The Morgan fingerprint density at radius 2 is 2.00 bits per heavy atom. The lowest BCUT2D eigenvalue weighted by atomic mass is 9.71. The summed E-state index contributed by atoms with van der Waals surface area (Å²) in [5.41, 5.74) is 8.42. The van der Waals surface area contributed by atoms with Crippen molar-refractivity contribution in [2.45, 2.75) is 89.4 Å². The van der Waals surface area contributed by atoms with Crippen LogP contribution in [-0.2, 0) is 11.8 Å². The Hall–Kier alpha value is -2.78. The fourth-order valence-electron chi connectivity index (χ4n) is 7.04. The molecular formula is C30H40N8OS2. The molecule has 11 heteroatoms. The number of nitriles is 1. The third-order valence-electron chi connectivity index (χ3n) is 9.03. The summed E-state index contributed by atoms with van der Waals surface area (Å²) in [6, 6.07) is 7.58. The van der Waals surface area contributed by atoms with Gasteiger partial charge in [0.1, 0.15) is 28.7 Å². The van der Waals surface area contributed by atoms with Crippen molar-refractivity contribution in [1.29, 1.82) is 5.26 Å². The number of anilines is 2. The van der Waals surface area contributed by atoms with E-state index in [0.717, 1.165) is 67.3 Å². The Kier molecular flexibility index (Phi) is 7.70. The number of hydrogen-bond donors (Lipinski definition) is 2. The summed E-state index contributed by atoms with van der Waals surface area (Å²) in [5.74, 6) is 2.04. The predicted octanol–water partition coefficient (Wildman–Crippen LogP) is 4.81. The Bertz CT molecular complexity index is 1450. The van der Waals surface area contributed by atoms with Crippen molar-refractivity contribution in [3.63, 3.8) is 0 Å². The average Bonchev–Trinajstić information content (AvgIpc) is 3.67. The fraction of sp³-hybridized carbons (Fsp3) is 0.600. The Morgan fingerprint density at radius 1 is 1.22 bits per heavy atom. The molecule has 0 radical (unpaired) electrons. The second-order valence-electron chi connectivity index (χ2n) is 12.3. The molecule has 1 aliphatic carbocycles. The first-order valence-corrected chi connectivity index (χ1v) is 16.3. The van der Waals surface area contributed by atoms with Crippen molar-refractivity contribution in [2.75, 3.05) is 37.3 Å². The topological polar surface area (TPSA) is 116 Å². The highest BCUT2D eigenvalue weighted by Crippen LogP contribution is 2.50. The first-order chi connectivity index (χ1) is 19.7. The first-order valence-electron chi connectivity index (χ1n) is 14.7. The Labute approximate surface area is 250 Å². The Balaban J connectivity index is 1.37. The van der Waals surface area contributed by atoms with Gasteiger partial charge in [-0.2, -0.15) is 14.6 Å². The van der Waals surface area contributed by atoms with Crippen LogP contribution in [0, 0.1) is 11.3 Å². The monoisotopic (exact) mass is 592 g/mol. The van der Waals surface area contributed by atoms with E-state index in [-0.39, 0.29) is 11.5 Å². The molecule has 3 aromatic rings. The van der Waals surface area contributed by atoms with E-state index in [2.05, 4.69) is 62.0 Å². The number of nitrogens with zero attached hydrogens (tertiary/aromatic N) is 6. The van der Waals surface area contributed by atoms with Crippen molar-refractivity contribution in [3.05, 3.63) is 33.0 Å². The molecule has 3 N–H and O–H groups in total. The van der Waals surface area contributed by atoms with Gasteiger partial charge in [0.25, 0.3) is 0 Å². The van der Waals surface area contributed by atoms with Gasteiger partial charge in [0.15, 0.2) is 5.82 Å². The second-order valence-corrected chi connectivity index (χ2v) is 14.2. The smallest absolute Gasteiger partial charge is 0.219 e. The SMILES string of the molecule is C[C@@H]1CN(c2cc(O[C@@H](C)[C@@H]3CCCN3C)nc(-c3cc([C@@]4(C)CCCc5sc(N)c(C#N)c54)sn3)n2)C[C@H](C)N1. The van der Waals surface area contributed by atoms with E-state index < -0.39 is 0 Å². The fourth-order valence-corrected chi connectivity index (χ4v) is 9.14. The summed E-state index contributed by atoms with van der Waals surface area (Å²) in [6.45, 7) is 11.6. The average molecular weight is 593 g/mol. The van der Waals surface area contributed by atoms with Crippen LogP contribution in [-0.4, -0.2) is 70.2 Å². The minimum absolute atomic E-state index is 0.0120. The lowest BCUT2D eigenvalue weighted by Crippen LogP contribution is -2.54. The number of likely N-dealkylation sites (tertiary alicyclic amines) is 1. The van der Waals surface area contributed by atoms with Gasteiger partial charge in [-0.15, -0.1) is 11.3 Å². The Morgan fingerprint density at radius 3 is 2.71 bits per heavy atom. The molecule has 0 aromatic carbocycles. The highest BCUT2D eigenvalue weighted by atomic mass is 32.1. The molecule has 2 aliphatic heterocycles. The van der Waals surface area contributed by atoms with Crippen LogP contribution in [0.3, 0.4) is 0 Å². The molecule has 2 fully saturated rings. The quantitative estimate of drug-likeness (QED) is 0.416. The minimum Gasteiger partial charge on any atom is -0.473 e. The third-order valence-corrected chi connectivity index (χ3v) is 11.2. The molecule has 3 aliphatic rings. The zero-order chi connectivity index (χ0) is 28.9. The number of piperazine rings is 1. The maximum atomic E-state index is 9.93. The second kappa shape index (κ2) is 11.1. The number of likely N-dealkylation sites (N-methyl/N-ethyl adjacent to an activating group) is 1. The van der Waals surface area contributed by atoms with Crippen LogP contribution in [0.25, 0.3) is 11.5 Å². The molecule has 5 atom stereocenters. The molecule has 0 spiro atoms. The van der Waals surface area contributed by atoms with Crippen LogP contribution in [0.15, 0.2) is 12.1 Å². The van der Waals surface area contributed by atoms with Gasteiger partial charge in [0.2, 0.25) is 5.88 Å². The summed E-state index contributed by atoms with van der Waals surface area (Å²) in [5, 5.41) is 14.2. The van der Waals surface area contributed by atoms with Crippen molar-refractivity contribution >= 4 is 33.7 Å². The van der Waals surface area contributed by atoms with Crippen LogP contribution in [0.4, 0.5) is 10.8 Å². The molecule has 0 saturated carbocycles. The first kappa shape index (κ1) is 28.3. The molecule has 0 bridgehead atoms. The van der Waals surface area contributed by atoms with E-state index in [1.165, 1.54) is 22.8 Å². The van der Waals surface area contributed by atoms with Gasteiger partial charge >= 0.3 is 0 Å². The van der Waals surface area contributed by atoms with Gasteiger partial charge in [0, 0.05) is 52.5 Å². The van der Waals surface area contributed by atoms with E-state index in [4.69, 9.17) is 24.8 Å². The van der Waals surface area contributed by atoms with Crippen LogP contribution in [0.1, 0.15) is 74.3 Å². The van der Waals surface area contributed by atoms with E-state index in [0.29, 0.717) is 40.4 Å². The summed E-state index contributed by atoms with van der Waals surface area (Å²) >= 11 is 3.04. The highest BCUT2D eigenvalue weighted by molar-refractivity contribution is 7.16. The van der Waals surface area contributed by atoms with Gasteiger partial charge in [-0.3, -0.25) is 4.90 Å². The van der Waals surface area contributed by atoms with Gasteiger partial charge in [-0.05, 0) is 89.6 Å². The van der Waals surface area contributed by atoms with Crippen molar-refractivity contribution in [1.82, 2.24) is 24.6 Å². The van der Waals surface area contributed by atoms with E-state index in [1.807, 2.05) is 6.07 Å². The van der Waals surface area contributed by atoms with Crippen molar-refractivity contribution in [3.8, 4) is 23.5 Å². The number of nitrogens with one attached hydrogen (secondary N) is 1. The van der Waals surface area contributed by atoms with Crippen LogP contribution >= 0.6 is 22.9 Å². The molecule has 5 heterocycles. The summed E-state index contributed by atoms with van der Waals surface area (Å²) in [7, 11) is 2.17. The molecule has 218 valence electrons. The molecule has 9 nitrogen and oxygen atoms in total. The molecule has 6 rings (SSSR count). The summed E-state index contributed by atoms with van der Waals surface area (Å²) < 4.78 is 11.4. The number of nitrogens with two attached hydrogens (primary N) is 1. The zero-order valence-corrected chi connectivity index (χ0v) is 26.2. The maximum Gasteiger partial charge on any atom is 0.219 e. The highest BCUT2D eigenvalue weighted by Gasteiger charge is 2.40. The van der Waals surface area contributed by atoms with Gasteiger partial charge in [-0.25, -0.2) is 4.98 Å². The molecule has 3 aromatic heterocycles.